The van der Waals surface area contributed by atoms with Crippen LogP contribution < -0.4 is 0 Å². The van der Waals surface area contributed by atoms with Gasteiger partial charge in [-0.3, -0.25) is 0 Å². The van der Waals surface area contributed by atoms with Gasteiger partial charge in [-0.25, -0.2) is 0 Å². The van der Waals surface area contributed by atoms with Crippen LogP contribution in [0, 0.1) is 0 Å². The quantitative estimate of drug-likeness (QED) is 0.649. The molecule has 13 heavy (non-hydrogen) atoms. The Kier molecular flexibility index (Phi) is 3.30. The second-order valence-corrected chi connectivity index (χ2v) is 3.72. The zero-order valence-corrected chi connectivity index (χ0v) is 8.80. The van der Waals surface area contributed by atoms with Gasteiger partial charge in [0, 0.05) is 0 Å². The molecule has 1 aromatic carbocycles. The smallest absolute Gasteiger partial charge is 0.0219 e. The van der Waals surface area contributed by atoms with E-state index in [1.165, 1.54) is 16.7 Å². The van der Waals surface area contributed by atoms with Crippen LogP contribution in [0.4, 0.5) is 0 Å². The van der Waals surface area contributed by atoms with E-state index in [4.69, 9.17) is 0 Å². The normalized spacial score (nSPS) is 10.5. The van der Waals surface area contributed by atoms with Crippen molar-refractivity contribution in [1.29, 1.82) is 0 Å². The minimum atomic E-state index is 0.602. The first-order chi connectivity index (χ1) is 6.17. The summed E-state index contributed by atoms with van der Waals surface area (Å²) >= 11 is 0. The van der Waals surface area contributed by atoms with E-state index in [-0.39, 0.29) is 0 Å². The molecule has 0 heterocycles. The van der Waals surface area contributed by atoms with Gasteiger partial charge in [-0.15, -0.1) is 0 Å². The molecule has 0 heteroatoms. The average Bonchev–Trinajstić information content (AvgIpc) is 2.16. The van der Waals surface area contributed by atoms with E-state index < -0.39 is 0 Å². The van der Waals surface area contributed by atoms with Crippen LogP contribution in [0.2, 0.25) is 0 Å². The maximum atomic E-state index is 3.81. The molecular formula is C13H18. The summed E-state index contributed by atoms with van der Waals surface area (Å²) in [5, 5.41) is 0. The minimum absolute atomic E-state index is 0.602. The summed E-state index contributed by atoms with van der Waals surface area (Å²) in [5.74, 6) is 0.602. The zero-order valence-electron chi connectivity index (χ0n) is 8.80. The first-order valence-electron chi connectivity index (χ1n) is 4.93. The highest BCUT2D eigenvalue weighted by Crippen LogP contribution is 2.19. The summed E-state index contributed by atoms with van der Waals surface area (Å²) < 4.78 is 0. The standard InChI is InChI=1S/C13H18/c1-5-11-7-12(6-2)9-13(8-11)10(3)4/h5,7-10H,1,6H2,2-4H3. The lowest BCUT2D eigenvalue weighted by Crippen LogP contribution is -1.91. The fourth-order valence-corrected chi connectivity index (χ4v) is 1.40. The molecule has 0 aliphatic heterocycles. The molecule has 0 aliphatic rings. The van der Waals surface area contributed by atoms with Gasteiger partial charge in [0.15, 0.2) is 0 Å². The van der Waals surface area contributed by atoms with Gasteiger partial charge in [-0.1, -0.05) is 51.6 Å². The van der Waals surface area contributed by atoms with Crippen molar-refractivity contribution in [2.75, 3.05) is 0 Å². The summed E-state index contributed by atoms with van der Waals surface area (Å²) in [6.45, 7) is 10.4. The lowest BCUT2D eigenvalue weighted by Gasteiger charge is -2.09. The van der Waals surface area contributed by atoms with Gasteiger partial charge in [0.05, 0.1) is 0 Å². The summed E-state index contributed by atoms with van der Waals surface area (Å²) in [7, 11) is 0. The molecule has 0 atom stereocenters. The van der Waals surface area contributed by atoms with E-state index in [0.717, 1.165) is 6.42 Å². The zero-order chi connectivity index (χ0) is 9.84. The minimum Gasteiger partial charge on any atom is -0.0985 e. The van der Waals surface area contributed by atoms with Crippen LogP contribution in [0.5, 0.6) is 0 Å². The first kappa shape index (κ1) is 10.0. The third kappa shape index (κ3) is 2.45. The Bertz CT molecular complexity index is 295. The van der Waals surface area contributed by atoms with Crippen LogP contribution >= 0.6 is 0 Å². The molecule has 0 radical (unpaired) electrons. The van der Waals surface area contributed by atoms with Crippen molar-refractivity contribution >= 4 is 6.08 Å². The van der Waals surface area contributed by atoms with Gasteiger partial charge >= 0.3 is 0 Å². The van der Waals surface area contributed by atoms with Crippen molar-refractivity contribution in [1.82, 2.24) is 0 Å². The molecule has 0 saturated carbocycles. The van der Waals surface area contributed by atoms with Crippen LogP contribution in [-0.2, 0) is 6.42 Å². The van der Waals surface area contributed by atoms with E-state index in [1.807, 2.05) is 6.08 Å². The van der Waals surface area contributed by atoms with Crippen LogP contribution in [0.1, 0.15) is 43.4 Å². The highest BCUT2D eigenvalue weighted by molar-refractivity contribution is 5.50. The third-order valence-electron chi connectivity index (χ3n) is 2.35. The Hall–Kier alpha value is -1.04. The third-order valence-corrected chi connectivity index (χ3v) is 2.35. The molecule has 0 N–H and O–H groups in total. The molecule has 0 aliphatic carbocycles. The maximum Gasteiger partial charge on any atom is -0.0219 e. The lowest BCUT2D eigenvalue weighted by molar-refractivity contribution is 0.862. The van der Waals surface area contributed by atoms with Gasteiger partial charge in [0.25, 0.3) is 0 Å². The van der Waals surface area contributed by atoms with E-state index in [9.17, 15) is 0 Å². The fourth-order valence-electron chi connectivity index (χ4n) is 1.40. The number of benzene rings is 1. The van der Waals surface area contributed by atoms with E-state index in [1.54, 1.807) is 0 Å². The van der Waals surface area contributed by atoms with Gasteiger partial charge in [0.1, 0.15) is 0 Å². The Labute approximate surface area is 81.3 Å². The van der Waals surface area contributed by atoms with Crippen molar-refractivity contribution < 1.29 is 0 Å². The molecular weight excluding hydrogens is 156 g/mol. The van der Waals surface area contributed by atoms with E-state index in [2.05, 4.69) is 45.5 Å². The fraction of sp³-hybridized carbons (Fsp3) is 0.385. The lowest BCUT2D eigenvalue weighted by atomic mass is 9.97. The Morgan fingerprint density at radius 3 is 2.46 bits per heavy atom. The molecule has 70 valence electrons. The van der Waals surface area contributed by atoms with Crippen LogP contribution in [0.25, 0.3) is 6.08 Å². The molecule has 0 aromatic heterocycles. The highest BCUT2D eigenvalue weighted by Gasteiger charge is 2.01. The van der Waals surface area contributed by atoms with Gasteiger partial charge in [0.2, 0.25) is 0 Å². The topological polar surface area (TPSA) is 0 Å². The second kappa shape index (κ2) is 4.27. The maximum absolute atomic E-state index is 3.81. The van der Waals surface area contributed by atoms with Crippen molar-refractivity contribution in [3.05, 3.63) is 41.5 Å². The van der Waals surface area contributed by atoms with Crippen molar-refractivity contribution in [3.8, 4) is 0 Å². The van der Waals surface area contributed by atoms with Crippen LogP contribution in [0.3, 0.4) is 0 Å². The summed E-state index contributed by atoms with van der Waals surface area (Å²) in [5.41, 5.74) is 4.05. The molecule has 1 aromatic rings. The molecule has 0 bridgehead atoms. The molecule has 0 unspecified atom stereocenters. The molecule has 0 saturated heterocycles. The van der Waals surface area contributed by atoms with Gasteiger partial charge in [-0.2, -0.15) is 0 Å². The molecule has 0 spiro atoms. The Morgan fingerprint density at radius 1 is 1.31 bits per heavy atom. The molecule has 0 amide bonds. The Balaban J connectivity index is 3.14. The summed E-state index contributed by atoms with van der Waals surface area (Å²) in [4.78, 5) is 0. The summed E-state index contributed by atoms with van der Waals surface area (Å²) in [6.07, 6.45) is 3.02. The number of aryl methyl sites for hydroxylation is 1. The van der Waals surface area contributed by atoms with E-state index >= 15 is 0 Å². The molecule has 0 fully saturated rings. The van der Waals surface area contributed by atoms with Crippen LogP contribution in [-0.4, -0.2) is 0 Å². The second-order valence-electron chi connectivity index (χ2n) is 3.72. The number of rotatable bonds is 3. The Morgan fingerprint density at radius 2 is 2.00 bits per heavy atom. The first-order valence-corrected chi connectivity index (χ1v) is 4.93. The molecule has 0 nitrogen and oxygen atoms in total. The highest BCUT2D eigenvalue weighted by atomic mass is 14.1. The molecule has 1 rings (SSSR count). The average molecular weight is 174 g/mol. The van der Waals surface area contributed by atoms with Gasteiger partial charge < -0.3 is 0 Å². The number of hydrogen-bond donors (Lipinski definition) is 0. The van der Waals surface area contributed by atoms with Gasteiger partial charge in [-0.05, 0) is 29.0 Å². The SMILES string of the molecule is C=Cc1cc(CC)cc(C(C)C)c1. The number of hydrogen-bond acceptors (Lipinski definition) is 0. The van der Waals surface area contributed by atoms with Crippen molar-refractivity contribution in [2.24, 2.45) is 0 Å². The van der Waals surface area contributed by atoms with Crippen molar-refractivity contribution in [2.45, 2.75) is 33.1 Å². The predicted molar refractivity (Wildman–Crippen MR) is 60.0 cm³/mol. The largest absolute Gasteiger partial charge is 0.0985 e. The van der Waals surface area contributed by atoms with Crippen molar-refractivity contribution in [3.63, 3.8) is 0 Å². The van der Waals surface area contributed by atoms with E-state index in [0.29, 0.717) is 5.92 Å². The van der Waals surface area contributed by atoms with Crippen LogP contribution in [0.15, 0.2) is 24.8 Å². The monoisotopic (exact) mass is 174 g/mol. The predicted octanol–water partition coefficient (Wildman–Crippen LogP) is 4.02. The summed E-state index contributed by atoms with van der Waals surface area (Å²) in [6, 6.07) is 6.72.